The van der Waals surface area contributed by atoms with Gasteiger partial charge >= 0.3 is 0 Å². The van der Waals surface area contributed by atoms with Crippen molar-refractivity contribution in [3.8, 4) is 0 Å². The summed E-state index contributed by atoms with van der Waals surface area (Å²) in [6.07, 6.45) is 12.2. The van der Waals surface area contributed by atoms with E-state index in [1.807, 2.05) is 44.3 Å². The number of nitrogens with zero attached hydrogens (tertiary/aromatic N) is 4. The third kappa shape index (κ3) is 4.06. The van der Waals surface area contributed by atoms with Crippen LogP contribution in [0.3, 0.4) is 0 Å². The first-order chi connectivity index (χ1) is 15.6. The summed E-state index contributed by atoms with van der Waals surface area (Å²) < 4.78 is 7.25. The van der Waals surface area contributed by atoms with Crippen molar-refractivity contribution >= 4 is 35.0 Å². The van der Waals surface area contributed by atoms with Crippen LogP contribution in [0.1, 0.15) is 42.0 Å². The molecule has 0 spiro atoms. The molecular weight excluding hydrogens is 398 g/mol. The molecule has 1 fully saturated rings. The standard InChI is InChI=1S/C26H31N5O/c1-5-9-20-10-7-8-11-21(20)16-19(6-2)23-17-28-31-24(27)18(3)25(29-26(23)31)30-14-12-22(32-4)13-15-30/h5-11,16-17,22H,2,12-15,27H2,1,3-4H3/b9-5+,19-16+. The molecule has 166 valence electrons. The van der Waals surface area contributed by atoms with E-state index in [2.05, 4.69) is 40.9 Å². The van der Waals surface area contributed by atoms with Gasteiger partial charge in [-0.25, -0.2) is 4.98 Å². The number of hydrogen-bond donors (Lipinski definition) is 1. The quantitative estimate of drug-likeness (QED) is 0.559. The highest BCUT2D eigenvalue weighted by Crippen LogP contribution is 2.31. The van der Waals surface area contributed by atoms with Crippen molar-refractivity contribution in [3.63, 3.8) is 0 Å². The molecular formula is C26H31N5O. The van der Waals surface area contributed by atoms with Gasteiger partial charge in [-0.3, -0.25) is 0 Å². The van der Waals surface area contributed by atoms with E-state index in [1.165, 1.54) is 0 Å². The number of hydrogen-bond acceptors (Lipinski definition) is 5. The Morgan fingerprint density at radius 1 is 1.22 bits per heavy atom. The van der Waals surface area contributed by atoms with Gasteiger partial charge in [0.15, 0.2) is 5.65 Å². The van der Waals surface area contributed by atoms with Gasteiger partial charge in [-0.05, 0) is 49.5 Å². The summed E-state index contributed by atoms with van der Waals surface area (Å²) in [6.45, 7) is 9.88. The minimum absolute atomic E-state index is 0.311. The van der Waals surface area contributed by atoms with Crippen molar-refractivity contribution in [2.45, 2.75) is 32.8 Å². The smallest absolute Gasteiger partial charge is 0.167 e. The highest BCUT2D eigenvalue weighted by atomic mass is 16.5. The number of anilines is 2. The summed E-state index contributed by atoms with van der Waals surface area (Å²) in [6, 6.07) is 8.28. The van der Waals surface area contributed by atoms with Crippen LogP contribution in [-0.2, 0) is 4.74 Å². The van der Waals surface area contributed by atoms with Gasteiger partial charge < -0.3 is 15.4 Å². The van der Waals surface area contributed by atoms with Crippen molar-refractivity contribution in [1.82, 2.24) is 14.6 Å². The maximum Gasteiger partial charge on any atom is 0.167 e. The second-order valence-electron chi connectivity index (χ2n) is 8.09. The largest absolute Gasteiger partial charge is 0.383 e. The van der Waals surface area contributed by atoms with Gasteiger partial charge in [0.05, 0.1) is 12.3 Å². The van der Waals surface area contributed by atoms with E-state index >= 15 is 0 Å². The number of piperidine rings is 1. The molecule has 32 heavy (non-hydrogen) atoms. The van der Waals surface area contributed by atoms with Crippen LogP contribution in [0.15, 0.2) is 49.2 Å². The lowest BCUT2D eigenvalue weighted by atomic mass is 10.0. The van der Waals surface area contributed by atoms with Gasteiger partial charge in [0.2, 0.25) is 0 Å². The van der Waals surface area contributed by atoms with Crippen molar-refractivity contribution in [3.05, 3.63) is 71.4 Å². The van der Waals surface area contributed by atoms with Crippen LogP contribution >= 0.6 is 0 Å². The molecule has 0 bridgehead atoms. The predicted molar refractivity (Wildman–Crippen MR) is 134 cm³/mol. The van der Waals surface area contributed by atoms with E-state index in [-0.39, 0.29) is 0 Å². The van der Waals surface area contributed by atoms with Crippen LogP contribution in [0.25, 0.3) is 23.4 Å². The molecule has 1 aromatic carbocycles. The first kappa shape index (κ1) is 21.8. The molecule has 0 aliphatic carbocycles. The molecule has 4 rings (SSSR count). The predicted octanol–water partition coefficient (Wildman–Crippen LogP) is 4.99. The normalized spacial score (nSPS) is 15.7. The Bertz CT molecular complexity index is 1180. The Labute approximate surface area is 189 Å². The average Bonchev–Trinajstić information content (AvgIpc) is 3.25. The van der Waals surface area contributed by atoms with Crippen LogP contribution in [0, 0.1) is 6.92 Å². The summed E-state index contributed by atoms with van der Waals surface area (Å²) in [5.74, 6) is 1.53. The SMILES string of the molecule is C=C/C(=C\c1ccccc1/C=C/C)c1cnn2c(N)c(C)c(N3CCC(OC)CC3)nc12. The number of aromatic nitrogens is 3. The molecule has 2 aromatic heterocycles. The molecule has 6 nitrogen and oxygen atoms in total. The fourth-order valence-electron chi connectivity index (χ4n) is 4.29. The van der Waals surface area contributed by atoms with Gasteiger partial charge in [0.25, 0.3) is 0 Å². The van der Waals surface area contributed by atoms with Gasteiger partial charge in [-0.2, -0.15) is 9.61 Å². The van der Waals surface area contributed by atoms with Crippen molar-refractivity contribution < 1.29 is 4.74 Å². The van der Waals surface area contributed by atoms with E-state index in [4.69, 9.17) is 15.5 Å². The molecule has 0 atom stereocenters. The maximum atomic E-state index is 6.51. The summed E-state index contributed by atoms with van der Waals surface area (Å²) in [4.78, 5) is 7.34. The minimum atomic E-state index is 0.311. The second-order valence-corrected chi connectivity index (χ2v) is 8.09. The molecule has 6 heteroatoms. The molecule has 0 saturated carbocycles. The zero-order chi connectivity index (χ0) is 22.7. The second kappa shape index (κ2) is 9.40. The topological polar surface area (TPSA) is 68.7 Å². The summed E-state index contributed by atoms with van der Waals surface area (Å²) in [5.41, 5.74) is 12.3. The molecule has 1 aliphatic rings. The Morgan fingerprint density at radius 3 is 2.59 bits per heavy atom. The van der Waals surface area contributed by atoms with Gasteiger partial charge in [0, 0.05) is 31.3 Å². The molecule has 2 N–H and O–H groups in total. The highest BCUT2D eigenvalue weighted by Gasteiger charge is 2.24. The van der Waals surface area contributed by atoms with Crippen LogP contribution in [0.2, 0.25) is 0 Å². The first-order valence-corrected chi connectivity index (χ1v) is 11.0. The van der Waals surface area contributed by atoms with E-state index in [0.29, 0.717) is 11.9 Å². The van der Waals surface area contributed by atoms with E-state index in [0.717, 1.165) is 65.2 Å². The molecule has 0 unspecified atom stereocenters. The third-order valence-corrected chi connectivity index (χ3v) is 6.16. The molecule has 1 aliphatic heterocycles. The molecule has 1 saturated heterocycles. The van der Waals surface area contributed by atoms with Crippen LogP contribution in [0.4, 0.5) is 11.6 Å². The number of rotatable bonds is 6. The van der Waals surface area contributed by atoms with Gasteiger partial charge in [0.1, 0.15) is 11.6 Å². The number of benzene rings is 1. The Hall–Kier alpha value is -3.38. The van der Waals surface area contributed by atoms with E-state index in [9.17, 15) is 0 Å². The monoisotopic (exact) mass is 429 g/mol. The fourth-order valence-corrected chi connectivity index (χ4v) is 4.29. The third-order valence-electron chi connectivity index (χ3n) is 6.16. The first-order valence-electron chi connectivity index (χ1n) is 11.0. The van der Waals surface area contributed by atoms with Gasteiger partial charge in [-0.1, -0.05) is 49.1 Å². The molecule has 3 heterocycles. The molecule has 0 amide bonds. The Morgan fingerprint density at radius 2 is 1.94 bits per heavy atom. The zero-order valence-electron chi connectivity index (χ0n) is 19.1. The highest BCUT2D eigenvalue weighted by molar-refractivity contribution is 5.93. The van der Waals surface area contributed by atoms with E-state index in [1.54, 1.807) is 11.6 Å². The van der Waals surface area contributed by atoms with Crippen LogP contribution in [0.5, 0.6) is 0 Å². The number of methoxy groups -OCH3 is 1. The lowest BCUT2D eigenvalue weighted by molar-refractivity contribution is 0.0818. The Kier molecular flexibility index (Phi) is 6.42. The number of ether oxygens (including phenoxy) is 1. The fraction of sp³-hybridized carbons (Fsp3) is 0.308. The van der Waals surface area contributed by atoms with Crippen molar-refractivity contribution in [1.29, 1.82) is 0 Å². The number of fused-ring (bicyclic) bond motifs is 1. The number of nitrogens with two attached hydrogens (primary N) is 1. The minimum Gasteiger partial charge on any atom is -0.383 e. The van der Waals surface area contributed by atoms with Crippen molar-refractivity contribution in [2.24, 2.45) is 0 Å². The van der Waals surface area contributed by atoms with Crippen LogP contribution in [-0.4, -0.2) is 40.9 Å². The summed E-state index contributed by atoms with van der Waals surface area (Å²) in [7, 11) is 1.78. The lowest BCUT2D eigenvalue weighted by Crippen LogP contribution is -2.37. The summed E-state index contributed by atoms with van der Waals surface area (Å²) >= 11 is 0. The summed E-state index contributed by atoms with van der Waals surface area (Å²) in [5, 5.41) is 4.55. The number of allylic oxidation sites excluding steroid dienone is 3. The maximum absolute atomic E-state index is 6.51. The van der Waals surface area contributed by atoms with Crippen LogP contribution < -0.4 is 10.6 Å². The zero-order valence-corrected chi connectivity index (χ0v) is 19.1. The number of nitrogen functional groups attached to an aromatic ring is 1. The van der Waals surface area contributed by atoms with Gasteiger partial charge in [-0.15, -0.1) is 0 Å². The van der Waals surface area contributed by atoms with Crippen molar-refractivity contribution in [2.75, 3.05) is 30.8 Å². The Balaban J connectivity index is 1.80. The molecule has 0 radical (unpaired) electrons. The average molecular weight is 430 g/mol. The lowest BCUT2D eigenvalue weighted by Gasteiger charge is -2.33. The van der Waals surface area contributed by atoms with E-state index < -0.39 is 0 Å². The molecule has 3 aromatic rings.